The molecule has 1 N–H and O–H groups in total. The van der Waals surface area contributed by atoms with Crippen molar-refractivity contribution in [2.75, 3.05) is 11.9 Å². The van der Waals surface area contributed by atoms with Gasteiger partial charge in [-0.15, -0.1) is 9.42 Å². The van der Waals surface area contributed by atoms with Gasteiger partial charge in [-0.1, -0.05) is 15.9 Å². The second-order valence-corrected chi connectivity index (χ2v) is 2.29. The Balaban J connectivity index is 0. The summed E-state index contributed by atoms with van der Waals surface area (Å²) in [7, 11) is -2.39. The summed E-state index contributed by atoms with van der Waals surface area (Å²) in [5, 5.41) is 0.592. The summed E-state index contributed by atoms with van der Waals surface area (Å²) in [6, 6.07) is 0. The van der Waals surface area contributed by atoms with Crippen molar-refractivity contribution in [1.29, 1.82) is 0 Å². The van der Waals surface area contributed by atoms with Crippen LogP contribution >= 0.6 is 24.2 Å². The van der Waals surface area contributed by atoms with Crippen LogP contribution in [0.5, 0.6) is 0 Å². The zero-order valence-electron chi connectivity index (χ0n) is 4.00. The molecule has 0 aromatic rings. The van der Waals surface area contributed by atoms with E-state index < -0.39 is 8.25 Å². The molecule has 0 aromatic carbocycles. The maximum absolute atomic E-state index is 9.66. The molecular formula is C2H5BrO3PZr+. The van der Waals surface area contributed by atoms with Gasteiger partial charge in [0.1, 0.15) is 6.61 Å². The molecule has 0 bridgehead atoms. The van der Waals surface area contributed by atoms with E-state index in [-0.39, 0.29) is 32.8 Å². The first kappa shape index (κ1) is 12.1. The number of hydrogen-bond donors (Lipinski definition) is 1. The van der Waals surface area contributed by atoms with Crippen molar-refractivity contribution in [1.82, 2.24) is 0 Å². The Morgan fingerprint density at radius 1 is 1.75 bits per heavy atom. The summed E-state index contributed by atoms with van der Waals surface area (Å²) < 4.78 is 13.9. The summed E-state index contributed by atoms with van der Waals surface area (Å²) in [6.07, 6.45) is 0. The van der Waals surface area contributed by atoms with E-state index in [0.29, 0.717) is 5.33 Å². The first-order chi connectivity index (χ1) is 3.27. The second kappa shape index (κ2) is 8.38. The van der Waals surface area contributed by atoms with Crippen molar-refractivity contribution in [3.05, 3.63) is 0 Å². The van der Waals surface area contributed by atoms with Crippen LogP contribution < -0.4 is 0 Å². The zero-order chi connectivity index (χ0) is 5.70. The molecule has 0 aliphatic heterocycles. The van der Waals surface area contributed by atoms with Gasteiger partial charge in [0.25, 0.3) is 0 Å². The van der Waals surface area contributed by atoms with Gasteiger partial charge >= 0.3 is 8.25 Å². The molecule has 0 fully saturated rings. The summed E-state index contributed by atoms with van der Waals surface area (Å²) in [4.78, 5) is 7.95. The van der Waals surface area contributed by atoms with Crippen LogP contribution in [0.2, 0.25) is 0 Å². The van der Waals surface area contributed by atoms with Crippen molar-refractivity contribution in [2.24, 2.45) is 0 Å². The van der Waals surface area contributed by atoms with Crippen LogP contribution in [0.3, 0.4) is 0 Å². The maximum Gasteiger partial charge on any atom is 0.694 e. The molecule has 6 heteroatoms. The molecule has 3 nitrogen and oxygen atoms in total. The topological polar surface area (TPSA) is 46.5 Å². The minimum absolute atomic E-state index is 0. The molecule has 0 rings (SSSR count). The smallest absolute Gasteiger partial charge is 0.133 e. The van der Waals surface area contributed by atoms with Crippen molar-refractivity contribution < 1.29 is 40.2 Å². The fourth-order valence-electron chi connectivity index (χ4n) is 0.113. The number of alkyl halides is 1. The van der Waals surface area contributed by atoms with E-state index in [9.17, 15) is 4.57 Å². The van der Waals surface area contributed by atoms with Gasteiger partial charge in [-0.3, -0.25) is 0 Å². The van der Waals surface area contributed by atoms with E-state index in [1.54, 1.807) is 0 Å². The Morgan fingerprint density at radius 3 is 2.38 bits per heavy atom. The van der Waals surface area contributed by atoms with Crippen LogP contribution in [0.4, 0.5) is 0 Å². The first-order valence-corrected chi connectivity index (χ1v) is 3.87. The van der Waals surface area contributed by atoms with Gasteiger partial charge < -0.3 is 0 Å². The predicted molar refractivity (Wildman–Crippen MR) is 29.6 cm³/mol. The molecule has 1 atom stereocenters. The predicted octanol–water partition coefficient (Wildman–Crippen LogP) is 1.05. The molecule has 0 heterocycles. The van der Waals surface area contributed by atoms with Crippen LogP contribution in [0.25, 0.3) is 0 Å². The van der Waals surface area contributed by atoms with Crippen molar-refractivity contribution in [3.8, 4) is 0 Å². The van der Waals surface area contributed by atoms with Gasteiger partial charge in [-0.25, -0.2) is 0 Å². The van der Waals surface area contributed by atoms with Crippen molar-refractivity contribution in [3.63, 3.8) is 0 Å². The molecule has 0 aliphatic carbocycles. The Kier molecular flexibility index (Phi) is 12.7. The van der Waals surface area contributed by atoms with Gasteiger partial charge in [-0.2, -0.15) is 0 Å². The van der Waals surface area contributed by atoms with Gasteiger partial charge in [0.05, 0.1) is 0 Å². The largest absolute Gasteiger partial charge is 0.694 e. The molecule has 46 valence electrons. The Morgan fingerprint density at radius 2 is 2.25 bits per heavy atom. The molecule has 0 saturated carbocycles. The molecule has 8 heavy (non-hydrogen) atoms. The summed E-state index contributed by atoms with van der Waals surface area (Å²) >= 11 is 3.01. The second-order valence-electron chi connectivity index (χ2n) is 0.760. The SMILES string of the molecule is O=[P+](O)OCCBr.[Zr]. The van der Waals surface area contributed by atoms with E-state index in [0.717, 1.165) is 0 Å². The molecule has 0 radical (unpaired) electrons. The Hall–Kier alpha value is 1.38. The van der Waals surface area contributed by atoms with E-state index >= 15 is 0 Å². The number of rotatable bonds is 3. The molecule has 1 unspecified atom stereocenters. The van der Waals surface area contributed by atoms with Gasteiger partial charge in [0.2, 0.25) is 0 Å². The minimum atomic E-state index is -2.39. The molecule has 0 saturated heterocycles. The van der Waals surface area contributed by atoms with E-state index in [1.165, 1.54) is 0 Å². The van der Waals surface area contributed by atoms with Crippen molar-refractivity contribution >= 4 is 24.2 Å². The van der Waals surface area contributed by atoms with Crippen LogP contribution in [0.1, 0.15) is 0 Å². The number of hydrogen-bond acceptors (Lipinski definition) is 2. The summed E-state index contributed by atoms with van der Waals surface area (Å²) in [6.45, 7) is 0.283. The van der Waals surface area contributed by atoms with E-state index in [4.69, 9.17) is 4.89 Å². The molecule has 0 aliphatic rings. The minimum Gasteiger partial charge on any atom is -0.133 e. The first-order valence-electron chi connectivity index (χ1n) is 1.62. The Labute approximate surface area is 76.0 Å². The molecule has 0 aromatic heterocycles. The quantitative estimate of drug-likeness (QED) is 0.620. The average Bonchev–Trinajstić information content (AvgIpc) is 1.61. The van der Waals surface area contributed by atoms with Crippen molar-refractivity contribution in [2.45, 2.75) is 0 Å². The summed E-state index contributed by atoms with van der Waals surface area (Å²) in [5.74, 6) is 0. The van der Waals surface area contributed by atoms with Crippen LogP contribution in [-0.4, -0.2) is 16.8 Å². The standard InChI is InChI=1S/C2H4BrO3P.Zr/c3-1-2-6-7(4)5;/h1-2H2;/p+1. The van der Waals surface area contributed by atoms with E-state index in [1.807, 2.05) is 0 Å². The Bertz CT molecular complexity index is 70.3. The normalized spacial score (nSPS) is 10.0. The van der Waals surface area contributed by atoms with Crippen LogP contribution in [0, 0.1) is 0 Å². The monoisotopic (exact) mass is 277 g/mol. The zero-order valence-corrected chi connectivity index (χ0v) is 8.94. The molecule has 0 amide bonds. The fraction of sp³-hybridized carbons (Fsp3) is 1.00. The van der Waals surface area contributed by atoms with Gasteiger partial charge in [0.15, 0.2) is 0 Å². The third-order valence-corrected chi connectivity index (χ3v) is 1.01. The fourth-order valence-corrected chi connectivity index (χ4v) is 0.772. The van der Waals surface area contributed by atoms with Crippen LogP contribution in [-0.2, 0) is 35.3 Å². The summed E-state index contributed by atoms with van der Waals surface area (Å²) in [5.41, 5.74) is 0. The molecular weight excluding hydrogens is 274 g/mol. The third-order valence-electron chi connectivity index (χ3n) is 0.279. The van der Waals surface area contributed by atoms with E-state index in [2.05, 4.69) is 20.5 Å². The third kappa shape index (κ3) is 10.4. The maximum atomic E-state index is 9.66. The van der Waals surface area contributed by atoms with Gasteiger partial charge in [-0.05, 0) is 0 Å². The molecule has 0 spiro atoms. The van der Waals surface area contributed by atoms with Crippen LogP contribution in [0.15, 0.2) is 0 Å². The number of halogens is 1. The van der Waals surface area contributed by atoms with Gasteiger partial charge in [0, 0.05) is 36.1 Å². The average molecular weight is 279 g/mol.